The Bertz CT molecular complexity index is 652. The predicted molar refractivity (Wildman–Crippen MR) is 96.1 cm³/mol. The van der Waals surface area contributed by atoms with Crippen molar-refractivity contribution in [2.24, 2.45) is 0 Å². The van der Waals surface area contributed by atoms with Crippen LogP contribution in [0.25, 0.3) is 0 Å². The SMILES string of the molecule is CC(C)(C)OC(=O)N[C@@H](Cc1ccc(C(=O)OC(C)(C)C)cc1)C(=O)O. The van der Waals surface area contributed by atoms with Gasteiger partial charge in [0.2, 0.25) is 0 Å². The molecule has 0 aliphatic carbocycles. The second kappa shape index (κ2) is 8.21. The second-order valence-corrected chi connectivity index (χ2v) is 7.94. The summed E-state index contributed by atoms with van der Waals surface area (Å²) in [7, 11) is 0. The average molecular weight is 365 g/mol. The first-order valence-corrected chi connectivity index (χ1v) is 8.31. The monoisotopic (exact) mass is 365 g/mol. The lowest BCUT2D eigenvalue weighted by Crippen LogP contribution is -2.44. The van der Waals surface area contributed by atoms with Gasteiger partial charge in [-0.2, -0.15) is 0 Å². The van der Waals surface area contributed by atoms with E-state index < -0.39 is 35.3 Å². The molecule has 0 aliphatic rings. The number of amides is 1. The maximum Gasteiger partial charge on any atom is 0.408 e. The molecule has 1 amide bonds. The molecule has 0 aliphatic heterocycles. The van der Waals surface area contributed by atoms with Crippen LogP contribution in [0.15, 0.2) is 24.3 Å². The van der Waals surface area contributed by atoms with Crippen LogP contribution >= 0.6 is 0 Å². The molecule has 7 heteroatoms. The number of esters is 1. The number of alkyl carbamates (subject to hydrolysis) is 1. The molecule has 1 aromatic carbocycles. The minimum absolute atomic E-state index is 0.0587. The summed E-state index contributed by atoms with van der Waals surface area (Å²) >= 11 is 0. The van der Waals surface area contributed by atoms with Crippen molar-refractivity contribution >= 4 is 18.0 Å². The number of aliphatic carboxylic acids is 1. The summed E-state index contributed by atoms with van der Waals surface area (Å²) < 4.78 is 10.4. The van der Waals surface area contributed by atoms with Crippen LogP contribution in [0.1, 0.15) is 57.5 Å². The maximum atomic E-state index is 12.0. The molecule has 0 unspecified atom stereocenters. The molecule has 26 heavy (non-hydrogen) atoms. The van der Waals surface area contributed by atoms with Crippen molar-refractivity contribution in [1.82, 2.24) is 5.32 Å². The number of carbonyl (C=O) groups excluding carboxylic acids is 2. The highest BCUT2D eigenvalue weighted by Gasteiger charge is 2.24. The number of hydrogen-bond donors (Lipinski definition) is 2. The summed E-state index contributed by atoms with van der Waals surface area (Å²) in [5.74, 6) is -1.63. The van der Waals surface area contributed by atoms with E-state index in [1.807, 2.05) is 0 Å². The van der Waals surface area contributed by atoms with Crippen LogP contribution in [0.3, 0.4) is 0 Å². The molecule has 2 N–H and O–H groups in total. The zero-order valence-electron chi connectivity index (χ0n) is 16.1. The van der Waals surface area contributed by atoms with E-state index in [1.54, 1.807) is 65.8 Å². The summed E-state index contributed by atoms with van der Waals surface area (Å²) in [6.45, 7) is 10.4. The van der Waals surface area contributed by atoms with E-state index in [4.69, 9.17) is 9.47 Å². The third-order valence-electron chi connectivity index (χ3n) is 3.02. The third kappa shape index (κ3) is 8.00. The summed E-state index contributed by atoms with van der Waals surface area (Å²) in [6.07, 6.45) is -0.737. The Kier molecular flexibility index (Phi) is 6.78. The zero-order chi connectivity index (χ0) is 20.1. The fourth-order valence-corrected chi connectivity index (χ4v) is 2.00. The number of hydrogen-bond acceptors (Lipinski definition) is 5. The minimum atomic E-state index is -1.17. The van der Waals surface area contributed by atoms with Gasteiger partial charge in [0.25, 0.3) is 0 Å². The van der Waals surface area contributed by atoms with Gasteiger partial charge in [-0.15, -0.1) is 0 Å². The van der Waals surface area contributed by atoms with E-state index in [9.17, 15) is 19.5 Å². The van der Waals surface area contributed by atoms with Gasteiger partial charge in [-0.3, -0.25) is 0 Å². The highest BCUT2D eigenvalue weighted by molar-refractivity contribution is 5.89. The summed E-state index contributed by atoms with van der Waals surface area (Å²) in [6, 6.07) is 5.25. The normalized spacial score (nSPS) is 12.8. The Morgan fingerprint density at radius 1 is 0.962 bits per heavy atom. The molecule has 0 heterocycles. The minimum Gasteiger partial charge on any atom is -0.480 e. The summed E-state index contributed by atoms with van der Waals surface area (Å²) in [5.41, 5.74) is -0.291. The lowest BCUT2D eigenvalue weighted by Gasteiger charge is -2.22. The number of ether oxygens (including phenoxy) is 2. The van der Waals surface area contributed by atoms with Crippen LogP contribution in [0.2, 0.25) is 0 Å². The van der Waals surface area contributed by atoms with Gasteiger partial charge in [-0.05, 0) is 59.2 Å². The molecule has 0 radical (unpaired) electrons. The van der Waals surface area contributed by atoms with Gasteiger partial charge in [0, 0.05) is 6.42 Å². The predicted octanol–water partition coefficient (Wildman–Crippen LogP) is 3.16. The van der Waals surface area contributed by atoms with Crippen molar-refractivity contribution in [3.05, 3.63) is 35.4 Å². The Morgan fingerprint density at radius 3 is 1.88 bits per heavy atom. The van der Waals surface area contributed by atoms with E-state index in [1.165, 1.54) is 0 Å². The molecule has 0 saturated heterocycles. The van der Waals surface area contributed by atoms with Gasteiger partial charge < -0.3 is 19.9 Å². The van der Waals surface area contributed by atoms with Gasteiger partial charge in [-0.25, -0.2) is 14.4 Å². The van der Waals surface area contributed by atoms with Crippen LogP contribution in [-0.4, -0.2) is 40.4 Å². The molecule has 1 atom stereocenters. The standard InChI is InChI=1S/C19H27NO6/c1-18(2,3)25-16(23)13-9-7-12(8-10-13)11-14(15(21)22)20-17(24)26-19(4,5)6/h7-10,14H,11H2,1-6H3,(H,20,24)(H,21,22)/t14-/m0/s1. The number of carboxylic acid groups (broad SMARTS) is 1. The third-order valence-corrected chi connectivity index (χ3v) is 3.02. The van der Waals surface area contributed by atoms with E-state index in [0.717, 1.165) is 0 Å². The van der Waals surface area contributed by atoms with Gasteiger partial charge in [0.05, 0.1) is 5.56 Å². The quantitative estimate of drug-likeness (QED) is 0.777. The average Bonchev–Trinajstić information content (AvgIpc) is 2.43. The molecule has 0 fully saturated rings. The Hall–Kier alpha value is -2.57. The first kappa shape index (κ1) is 21.5. The van der Waals surface area contributed by atoms with E-state index in [0.29, 0.717) is 11.1 Å². The summed E-state index contributed by atoms with van der Waals surface area (Å²) in [4.78, 5) is 35.2. The summed E-state index contributed by atoms with van der Waals surface area (Å²) in [5, 5.41) is 11.6. The molecule has 0 saturated carbocycles. The van der Waals surface area contributed by atoms with Gasteiger partial charge in [0.1, 0.15) is 17.2 Å². The molecule has 0 aromatic heterocycles. The number of nitrogens with one attached hydrogen (secondary N) is 1. The van der Waals surface area contributed by atoms with Crippen molar-refractivity contribution < 1.29 is 29.0 Å². The lowest BCUT2D eigenvalue weighted by molar-refractivity contribution is -0.139. The van der Waals surface area contributed by atoms with Crippen molar-refractivity contribution in [2.45, 2.75) is 65.2 Å². The topological polar surface area (TPSA) is 102 Å². The van der Waals surface area contributed by atoms with Gasteiger partial charge in [-0.1, -0.05) is 12.1 Å². The molecule has 0 bridgehead atoms. The molecule has 1 aromatic rings. The Balaban J connectivity index is 2.77. The molecule has 7 nitrogen and oxygen atoms in total. The maximum absolute atomic E-state index is 12.0. The Labute approximate surface area is 153 Å². The van der Waals surface area contributed by atoms with Crippen LogP contribution in [0.4, 0.5) is 4.79 Å². The first-order valence-electron chi connectivity index (χ1n) is 8.31. The number of rotatable bonds is 5. The highest BCUT2D eigenvalue weighted by atomic mass is 16.6. The lowest BCUT2D eigenvalue weighted by atomic mass is 10.0. The highest BCUT2D eigenvalue weighted by Crippen LogP contribution is 2.14. The van der Waals surface area contributed by atoms with Crippen molar-refractivity contribution in [1.29, 1.82) is 0 Å². The fourth-order valence-electron chi connectivity index (χ4n) is 2.00. The van der Waals surface area contributed by atoms with Gasteiger partial charge >= 0.3 is 18.0 Å². The van der Waals surface area contributed by atoms with Crippen LogP contribution in [0, 0.1) is 0 Å². The van der Waals surface area contributed by atoms with Crippen LogP contribution in [0.5, 0.6) is 0 Å². The number of benzene rings is 1. The van der Waals surface area contributed by atoms with Crippen molar-refractivity contribution in [3.63, 3.8) is 0 Å². The van der Waals surface area contributed by atoms with Gasteiger partial charge in [0.15, 0.2) is 0 Å². The number of carboxylic acids is 1. The fraction of sp³-hybridized carbons (Fsp3) is 0.526. The van der Waals surface area contributed by atoms with E-state index in [2.05, 4.69) is 5.32 Å². The Morgan fingerprint density at radius 2 is 1.46 bits per heavy atom. The molecular formula is C19H27NO6. The molecule has 144 valence electrons. The molecule has 1 rings (SSSR count). The van der Waals surface area contributed by atoms with Crippen LogP contribution in [-0.2, 0) is 20.7 Å². The van der Waals surface area contributed by atoms with Crippen molar-refractivity contribution in [2.75, 3.05) is 0 Å². The van der Waals surface area contributed by atoms with E-state index >= 15 is 0 Å². The van der Waals surface area contributed by atoms with E-state index in [-0.39, 0.29) is 6.42 Å². The molecule has 0 spiro atoms. The number of carbonyl (C=O) groups is 3. The first-order chi connectivity index (χ1) is 11.8. The zero-order valence-corrected chi connectivity index (χ0v) is 16.1. The largest absolute Gasteiger partial charge is 0.480 e. The molecular weight excluding hydrogens is 338 g/mol. The van der Waals surface area contributed by atoms with Crippen LogP contribution < -0.4 is 5.32 Å². The van der Waals surface area contributed by atoms with Crippen molar-refractivity contribution in [3.8, 4) is 0 Å². The smallest absolute Gasteiger partial charge is 0.408 e. The second-order valence-electron chi connectivity index (χ2n) is 7.94.